The number of amides is 3. The molecule has 33 heavy (non-hydrogen) atoms. The zero-order chi connectivity index (χ0) is 25.1. The number of carboxylic acids is 1. The maximum Gasteiger partial charge on any atom is 0.326 e. The Morgan fingerprint density at radius 1 is 1.00 bits per heavy atom. The molecule has 1 rings (SSSR count). The molecular weight excluding hydrogens is 426 g/mol. The van der Waals surface area contributed by atoms with Crippen molar-refractivity contribution in [3.8, 4) is 0 Å². The van der Waals surface area contributed by atoms with E-state index in [1.807, 2.05) is 27.7 Å². The van der Waals surface area contributed by atoms with Crippen LogP contribution in [-0.2, 0) is 19.2 Å². The van der Waals surface area contributed by atoms with Crippen molar-refractivity contribution in [3.05, 3.63) is 0 Å². The van der Waals surface area contributed by atoms with Gasteiger partial charge in [0, 0.05) is 6.54 Å². The van der Waals surface area contributed by atoms with Crippen LogP contribution in [0.15, 0.2) is 0 Å². The molecule has 1 heterocycles. The van der Waals surface area contributed by atoms with E-state index in [-0.39, 0.29) is 24.2 Å². The lowest BCUT2D eigenvalue weighted by Crippen LogP contribution is -2.57. The van der Waals surface area contributed by atoms with Gasteiger partial charge < -0.3 is 32.1 Å². The first kappa shape index (κ1) is 28.8. The lowest BCUT2D eigenvalue weighted by Gasteiger charge is -2.29. The number of unbranched alkanes of at least 4 members (excludes halogenated alkanes) is 1. The molecule has 4 atom stereocenters. The highest BCUT2D eigenvalue weighted by Gasteiger charge is 2.38. The van der Waals surface area contributed by atoms with Crippen LogP contribution in [0.5, 0.6) is 0 Å². The molecule has 0 saturated carbocycles. The number of aliphatic carboxylic acids is 1. The summed E-state index contributed by atoms with van der Waals surface area (Å²) < 4.78 is 0. The quantitative estimate of drug-likeness (QED) is 0.232. The molecule has 0 aromatic rings. The minimum Gasteiger partial charge on any atom is -0.480 e. The summed E-state index contributed by atoms with van der Waals surface area (Å²) in [6.07, 6.45) is 3.56. The Kier molecular flexibility index (Phi) is 12.4. The molecule has 0 aromatic carbocycles. The predicted octanol–water partition coefficient (Wildman–Crippen LogP) is 0.580. The molecular formula is C23H43N5O5. The summed E-state index contributed by atoms with van der Waals surface area (Å²) >= 11 is 0. The molecule has 1 fully saturated rings. The van der Waals surface area contributed by atoms with Gasteiger partial charge in [-0.05, 0) is 63.3 Å². The molecule has 0 bridgehead atoms. The highest BCUT2D eigenvalue weighted by atomic mass is 16.4. The average molecular weight is 470 g/mol. The molecule has 0 aliphatic carbocycles. The van der Waals surface area contributed by atoms with Gasteiger partial charge in [-0.15, -0.1) is 0 Å². The Balaban J connectivity index is 2.87. The summed E-state index contributed by atoms with van der Waals surface area (Å²) in [4.78, 5) is 51.9. The first-order chi connectivity index (χ1) is 15.5. The second-order valence-electron chi connectivity index (χ2n) is 9.80. The molecule has 0 radical (unpaired) electrons. The van der Waals surface area contributed by atoms with Gasteiger partial charge in [0.2, 0.25) is 17.7 Å². The second-order valence-corrected chi connectivity index (χ2v) is 9.80. The van der Waals surface area contributed by atoms with Crippen LogP contribution in [0.1, 0.15) is 72.6 Å². The molecule has 0 unspecified atom stereocenters. The summed E-state index contributed by atoms with van der Waals surface area (Å²) in [5.74, 6) is -1.98. The van der Waals surface area contributed by atoms with Crippen LogP contribution < -0.4 is 22.1 Å². The van der Waals surface area contributed by atoms with Crippen LogP contribution in [-0.4, -0.2) is 71.0 Å². The number of nitrogens with one attached hydrogen (secondary N) is 2. The van der Waals surface area contributed by atoms with Gasteiger partial charge in [-0.25, -0.2) is 4.79 Å². The largest absolute Gasteiger partial charge is 0.480 e. The van der Waals surface area contributed by atoms with Crippen LogP contribution in [0.25, 0.3) is 0 Å². The molecule has 190 valence electrons. The highest BCUT2D eigenvalue weighted by molar-refractivity contribution is 5.94. The van der Waals surface area contributed by atoms with E-state index in [2.05, 4.69) is 10.6 Å². The third-order valence-electron chi connectivity index (χ3n) is 5.78. The van der Waals surface area contributed by atoms with Gasteiger partial charge in [-0.2, -0.15) is 0 Å². The van der Waals surface area contributed by atoms with Crippen molar-refractivity contribution in [2.75, 3.05) is 13.1 Å². The van der Waals surface area contributed by atoms with Crippen LogP contribution in [0.2, 0.25) is 0 Å². The minimum absolute atomic E-state index is 0.0855. The number of nitrogens with two attached hydrogens (primary N) is 2. The fraction of sp³-hybridized carbons (Fsp3) is 0.826. The Morgan fingerprint density at radius 2 is 1.64 bits per heavy atom. The third-order valence-corrected chi connectivity index (χ3v) is 5.78. The maximum absolute atomic E-state index is 13.1. The number of carboxylic acid groups (broad SMARTS) is 1. The third kappa shape index (κ3) is 9.67. The lowest BCUT2D eigenvalue weighted by molar-refractivity contribution is -0.143. The first-order valence-electron chi connectivity index (χ1n) is 12.1. The standard InChI is InChI=1S/C23H43N5O5/c1-14(2)12-16(25)22(31)28-11-7-9-19(28)21(30)27-18(13-15(3)4)20(29)26-17(23(32)33)8-5-6-10-24/h14-19H,5-13,24-25H2,1-4H3,(H,26,29)(H,27,30)(H,32,33)/t16-,17-,18-,19-/m0/s1. The predicted molar refractivity (Wildman–Crippen MR) is 126 cm³/mol. The van der Waals surface area contributed by atoms with Crippen LogP contribution in [0, 0.1) is 11.8 Å². The number of nitrogens with zero attached hydrogens (tertiary/aromatic N) is 1. The van der Waals surface area contributed by atoms with Crippen LogP contribution in [0.4, 0.5) is 0 Å². The smallest absolute Gasteiger partial charge is 0.326 e. The molecule has 7 N–H and O–H groups in total. The fourth-order valence-electron chi connectivity index (χ4n) is 4.12. The topological polar surface area (TPSA) is 168 Å². The van der Waals surface area contributed by atoms with Crippen molar-refractivity contribution in [1.82, 2.24) is 15.5 Å². The minimum atomic E-state index is -1.12. The van der Waals surface area contributed by atoms with Crippen molar-refractivity contribution < 1.29 is 24.3 Å². The van der Waals surface area contributed by atoms with E-state index < -0.39 is 42.0 Å². The Bertz CT molecular complexity index is 670. The van der Waals surface area contributed by atoms with E-state index in [1.165, 1.54) is 4.90 Å². The SMILES string of the molecule is CC(C)C[C@H](NC(=O)[C@@H]1CCCN1C(=O)[C@@H](N)CC(C)C)C(=O)N[C@@H](CCCCN)C(=O)O. The fourth-order valence-corrected chi connectivity index (χ4v) is 4.12. The molecule has 3 amide bonds. The monoisotopic (exact) mass is 469 g/mol. The van der Waals surface area contributed by atoms with E-state index >= 15 is 0 Å². The van der Waals surface area contributed by atoms with Gasteiger partial charge in [-0.1, -0.05) is 27.7 Å². The van der Waals surface area contributed by atoms with Crippen LogP contribution >= 0.6 is 0 Å². The van der Waals surface area contributed by atoms with Crippen molar-refractivity contribution in [2.24, 2.45) is 23.3 Å². The highest BCUT2D eigenvalue weighted by Crippen LogP contribution is 2.20. The van der Waals surface area contributed by atoms with E-state index in [1.54, 1.807) is 0 Å². The number of carbonyl (C=O) groups is 4. The van der Waals surface area contributed by atoms with Gasteiger partial charge in [0.25, 0.3) is 0 Å². The second kappa shape index (κ2) is 14.1. The number of hydrogen-bond donors (Lipinski definition) is 5. The van der Waals surface area contributed by atoms with E-state index in [0.717, 1.165) is 0 Å². The average Bonchev–Trinajstić information content (AvgIpc) is 3.20. The van der Waals surface area contributed by atoms with Gasteiger partial charge in [-0.3, -0.25) is 14.4 Å². The molecule has 0 spiro atoms. The maximum atomic E-state index is 13.1. The van der Waals surface area contributed by atoms with Crippen molar-refractivity contribution in [2.45, 2.75) is 96.8 Å². The normalized spacial score (nSPS) is 18.8. The van der Waals surface area contributed by atoms with E-state index in [0.29, 0.717) is 51.6 Å². The number of rotatable bonds is 14. The Labute approximate surface area is 197 Å². The molecule has 1 aliphatic heterocycles. The Morgan fingerprint density at radius 3 is 2.18 bits per heavy atom. The Hall–Kier alpha value is -2.20. The summed E-state index contributed by atoms with van der Waals surface area (Å²) in [6.45, 7) is 8.70. The van der Waals surface area contributed by atoms with Crippen molar-refractivity contribution in [3.63, 3.8) is 0 Å². The lowest BCUT2D eigenvalue weighted by atomic mass is 10.0. The first-order valence-corrected chi connectivity index (χ1v) is 12.1. The molecule has 1 aliphatic rings. The van der Waals surface area contributed by atoms with E-state index in [4.69, 9.17) is 11.5 Å². The van der Waals surface area contributed by atoms with Gasteiger partial charge in [0.15, 0.2) is 0 Å². The van der Waals surface area contributed by atoms with Crippen LogP contribution in [0.3, 0.4) is 0 Å². The summed E-state index contributed by atoms with van der Waals surface area (Å²) in [6, 6.07) is -3.29. The molecule has 1 saturated heterocycles. The number of hydrogen-bond acceptors (Lipinski definition) is 6. The number of likely N-dealkylation sites (tertiary alicyclic amines) is 1. The van der Waals surface area contributed by atoms with Crippen molar-refractivity contribution in [1.29, 1.82) is 0 Å². The summed E-state index contributed by atoms with van der Waals surface area (Å²) in [5, 5.41) is 14.8. The zero-order valence-electron chi connectivity index (χ0n) is 20.5. The van der Waals surface area contributed by atoms with Crippen molar-refractivity contribution >= 4 is 23.7 Å². The molecule has 0 aromatic heterocycles. The van der Waals surface area contributed by atoms with Gasteiger partial charge in [0.05, 0.1) is 6.04 Å². The zero-order valence-corrected chi connectivity index (χ0v) is 20.5. The molecule has 10 heteroatoms. The van der Waals surface area contributed by atoms with Gasteiger partial charge in [0.1, 0.15) is 18.1 Å². The summed E-state index contributed by atoms with van der Waals surface area (Å²) in [5.41, 5.74) is 11.5. The molecule has 10 nitrogen and oxygen atoms in total. The van der Waals surface area contributed by atoms with Gasteiger partial charge >= 0.3 is 5.97 Å². The van der Waals surface area contributed by atoms with E-state index in [9.17, 15) is 24.3 Å². The summed E-state index contributed by atoms with van der Waals surface area (Å²) in [7, 11) is 0. The number of carbonyl (C=O) groups excluding carboxylic acids is 3.